The van der Waals surface area contributed by atoms with Gasteiger partial charge in [0.1, 0.15) is 24.4 Å². The molecular weight excluding hydrogens is 514 g/mol. The van der Waals surface area contributed by atoms with Crippen molar-refractivity contribution >= 4 is 0 Å². The first-order chi connectivity index (χ1) is 19.1. The van der Waals surface area contributed by atoms with E-state index in [1.54, 1.807) is 0 Å². The molecule has 6 atom stereocenters. The van der Waals surface area contributed by atoms with Gasteiger partial charge >= 0.3 is 0 Å². The molecule has 0 spiro atoms. The lowest BCUT2D eigenvalue weighted by atomic mass is 9.99. The Balaban J connectivity index is 1.29. The zero-order valence-electron chi connectivity index (χ0n) is 26.0. The summed E-state index contributed by atoms with van der Waals surface area (Å²) in [5.74, 6) is -1.51. The van der Waals surface area contributed by atoms with E-state index in [-0.39, 0.29) is 38.1 Å². The Kier molecular flexibility index (Phi) is 14.6. The highest BCUT2D eigenvalue weighted by molar-refractivity contribution is 5.00. The van der Waals surface area contributed by atoms with Crippen LogP contribution in [0, 0.1) is 0 Å². The number of nitrogens with zero attached hydrogens (tertiary/aromatic N) is 1. The number of aliphatic hydroxyl groups excluding tert-OH is 2. The van der Waals surface area contributed by atoms with Crippen molar-refractivity contribution in [3.63, 3.8) is 0 Å². The van der Waals surface area contributed by atoms with Gasteiger partial charge < -0.3 is 38.6 Å². The topological polar surface area (TPSA) is 99.1 Å². The first-order valence-electron chi connectivity index (χ1n) is 16.1. The van der Waals surface area contributed by atoms with E-state index >= 15 is 0 Å². The zero-order chi connectivity index (χ0) is 29.0. The smallest absolute Gasteiger partial charge is 0.190 e. The normalized spacial score (nSPS) is 29.6. The molecule has 3 fully saturated rings. The van der Waals surface area contributed by atoms with E-state index in [9.17, 15) is 10.2 Å². The van der Waals surface area contributed by atoms with Crippen molar-refractivity contribution in [2.24, 2.45) is 0 Å². The molecule has 0 aromatic rings. The third-order valence-electron chi connectivity index (χ3n) is 8.06. The molecule has 0 aliphatic carbocycles. The van der Waals surface area contributed by atoms with Gasteiger partial charge in [0.25, 0.3) is 0 Å². The van der Waals surface area contributed by atoms with Gasteiger partial charge in [-0.25, -0.2) is 0 Å². The van der Waals surface area contributed by atoms with Crippen molar-refractivity contribution in [2.45, 2.75) is 160 Å². The molecule has 0 aromatic carbocycles. The second kappa shape index (κ2) is 17.1. The van der Waals surface area contributed by atoms with Gasteiger partial charge in [0, 0.05) is 13.1 Å². The molecular formula is C31H59NO8. The van der Waals surface area contributed by atoms with Gasteiger partial charge in [-0.3, -0.25) is 4.90 Å². The van der Waals surface area contributed by atoms with Crippen LogP contribution < -0.4 is 0 Å². The lowest BCUT2D eigenvalue weighted by Gasteiger charge is -2.37. The Morgan fingerprint density at radius 3 is 1.90 bits per heavy atom. The molecule has 3 heterocycles. The summed E-state index contributed by atoms with van der Waals surface area (Å²) < 4.78 is 36.4. The van der Waals surface area contributed by atoms with Crippen LogP contribution in [0.25, 0.3) is 0 Å². The maximum absolute atomic E-state index is 10.7. The molecule has 3 aliphatic heterocycles. The maximum atomic E-state index is 10.7. The van der Waals surface area contributed by atoms with Crippen LogP contribution in [0.15, 0.2) is 0 Å². The average Bonchev–Trinajstić information content (AvgIpc) is 3.38. The monoisotopic (exact) mass is 573 g/mol. The first-order valence-corrected chi connectivity index (χ1v) is 16.1. The predicted molar refractivity (Wildman–Crippen MR) is 154 cm³/mol. The number of fused-ring (bicyclic) bond motifs is 3. The minimum Gasteiger partial charge on any atom is -0.395 e. The largest absolute Gasteiger partial charge is 0.395 e. The van der Waals surface area contributed by atoms with Crippen molar-refractivity contribution in [3.8, 4) is 0 Å². The molecule has 3 rings (SSSR count). The number of hydrogen-bond acceptors (Lipinski definition) is 9. The Bertz CT molecular complexity index is 692. The van der Waals surface area contributed by atoms with Crippen LogP contribution in [0.3, 0.4) is 0 Å². The molecule has 0 bridgehead atoms. The number of rotatable bonds is 21. The van der Waals surface area contributed by atoms with E-state index in [0.717, 1.165) is 13.0 Å². The zero-order valence-corrected chi connectivity index (χ0v) is 26.0. The maximum Gasteiger partial charge on any atom is 0.190 e. The lowest BCUT2D eigenvalue weighted by Crippen LogP contribution is -2.56. The van der Waals surface area contributed by atoms with E-state index in [1.807, 2.05) is 27.7 Å². The number of hydrogen-bond donors (Lipinski definition) is 2. The van der Waals surface area contributed by atoms with E-state index in [4.69, 9.17) is 28.4 Å². The standard InChI is InChI=1S/C31H59NO8/c1-6-7-8-9-10-11-12-13-14-15-16-17-18-32(19-20-33)21-24(34)22-35-23-25-26-27(38-30(2,3)37-26)28-29(36-25)40-31(4,5)39-28/h24-29,33-34H,6-23H2,1-5H3/t24?,25-,26+,27+,28-,29-/m1/s1. The summed E-state index contributed by atoms with van der Waals surface area (Å²) in [4.78, 5) is 2.13. The SMILES string of the molecule is CCCCCCCCCCCCCCN(CCO)CC(O)COC[C@H]1O[C@@H]2OC(C)(C)O[C@@H]2[C@H]2OC(C)(C)O[C@H]21. The van der Waals surface area contributed by atoms with Crippen molar-refractivity contribution in [2.75, 3.05) is 39.5 Å². The summed E-state index contributed by atoms with van der Waals surface area (Å²) in [6.45, 7) is 12.2. The van der Waals surface area contributed by atoms with Crippen LogP contribution in [0.1, 0.15) is 112 Å². The van der Waals surface area contributed by atoms with Gasteiger partial charge in [-0.2, -0.15) is 0 Å². The van der Waals surface area contributed by atoms with Crippen molar-refractivity contribution in [1.29, 1.82) is 0 Å². The summed E-state index contributed by atoms with van der Waals surface area (Å²) in [5, 5.41) is 20.2. The fourth-order valence-electron chi connectivity index (χ4n) is 6.11. The molecule has 9 heteroatoms. The predicted octanol–water partition coefficient (Wildman–Crippen LogP) is 4.76. The molecule has 3 saturated heterocycles. The van der Waals surface area contributed by atoms with Gasteiger partial charge in [-0.1, -0.05) is 77.6 Å². The molecule has 236 valence electrons. The fourth-order valence-corrected chi connectivity index (χ4v) is 6.11. The molecule has 2 N–H and O–H groups in total. The average molecular weight is 574 g/mol. The molecule has 9 nitrogen and oxygen atoms in total. The summed E-state index contributed by atoms with van der Waals surface area (Å²) in [7, 11) is 0. The molecule has 3 aliphatic rings. The van der Waals surface area contributed by atoms with Crippen LogP contribution in [0.5, 0.6) is 0 Å². The molecule has 40 heavy (non-hydrogen) atoms. The molecule has 0 radical (unpaired) electrons. The van der Waals surface area contributed by atoms with Gasteiger partial charge in [-0.15, -0.1) is 0 Å². The first kappa shape index (κ1) is 34.1. The third-order valence-corrected chi connectivity index (χ3v) is 8.06. The molecule has 0 saturated carbocycles. The van der Waals surface area contributed by atoms with Gasteiger partial charge in [0.05, 0.1) is 25.9 Å². The summed E-state index contributed by atoms with van der Waals surface area (Å²) in [6, 6.07) is 0. The fraction of sp³-hybridized carbons (Fsp3) is 1.00. The van der Waals surface area contributed by atoms with Crippen LogP contribution in [-0.4, -0.2) is 103 Å². The van der Waals surface area contributed by atoms with Gasteiger partial charge in [-0.05, 0) is 40.7 Å². The highest BCUT2D eigenvalue weighted by atomic mass is 16.9. The number of unbranched alkanes of at least 4 members (excludes halogenated alkanes) is 11. The highest BCUT2D eigenvalue weighted by Gasteiger charge is 2.60. The Morgan fingerprint density at radius 1 is 0.725 bits per heavy atom. The summed E-state index contributed by atoms with van der Waals surface area (Å²) >= 11 is 0. The van der Waals surface area contributed by atoms with Gasteiger partial charge in [0.15, 0.2) is 17.9 Å². The molecule has 0 aromatic heterocycles. The quantitative estimate of drug-likeness (QED) is 0.188. The van der Waals surface area contributed by atoms with E-state index in [2.05, 4.69) is 11.8 Å². The number of aliphatic hydroxyl groups is 2. The van der Waals surface area contributed by atoms with Crippen LogP contribution in [0.4, 0.5) is 0 Å². The number of ether oxygens (including phenoxy) is 6. The Labute approximate surface area is 243 Å². The van der Waals surface area contributed by atoms with Crippen LogP contribution in [0.2, 0.25) is 0 Å². The van der Waals surface area contributed by atoms with Gasteiger partial charge in [0.2, 0.25) is 0 Å². The van der Waals surface area contributed by atoms with Crippen molar-refractivity contribution in [3.05, 3.63) is 0 Å². The van der Waals surface area contributed by atoms with E-state index < -0.39 is 30.1 Å². The summed E-state index contributed by atoms with van der Waals surface area (Å²) in [5.41, 5.74) is 0. The van der Waals surface area contributed by atoms with Crippen LogP contribution in [-0.2, 0) is 28.4 Å². The minimum absolute atomic E-state index is 0.0823. The molecule has 0 amide bonds. The van der Waals surface area contributed by atoms with Crippen molar-refractivity contribution in [1.82, 2.24) is 4.90 Å². The second-order valence-electron chi connectivity index (χ2n) is 12.8. The lowest BCUT2D eigenvalue weighted by molar-refractivity contribution is -0.244. The third kappa shape index (κ3) is 11.4. The second-order valence-corrected chi connectivity index (χ2v) is 12.8. The summed E-state index contributed by atoms with van der Waals surface area (Å²) in [6.07, 6.45) is 13.2. The Hall–Kier alpha value is -0.360. The van der Waals surface area contributed by atoms with Crippen LogP contribution >= 0.6 is 0 Å². The molecule has 1 unspecified atom stereocenters. The minimum atomic E-state index is -0.758. The van der Waals surface area contributed by atoms with Crippen molar-refractivity contribution < 1.29 is 38.6 Å². The van der Waals surface area contributed by atoms with E-state index in [1.165, 1.54) is 70.6 Å². The van der Waals surface area contributed by atoms with E-state index in [0.29, 0.717) is 13.1 Å². The Morgan fingerprint density at radius 2 is 1.27 bits per heavy atom. The highest BCUT2D eigenvalue weighted by Crippen LogP contribution is 2.44.